The highest BCUT2D eigenvalue weighted by atomic mass is 32.2. The zero-order chi connectivity index (χ0) is 5.11. The van der Waals surface area contributed by atoms with Crippen molar-refractivity contribution in [1.82, 2.24) is 0 Å². The molecule has 2 radical (unpaired) electrons. The van der Waals surface area contributed by atoms with Crippen molar-refractivity contribution < 1.29 is 0 Å². The summed E-state index contributed by atoms with van der Waals surface area (Å²) in [5.74, 6) is 1.74. The third-order valence-electron chi connectivity index (χ3n) is 0.574. The van der Waals surface area contributed by atoms with Gasteiger partial charge in [-0.15, -0.1) is 0 Å². The van der Waals surface area contributed by atoms with Gasteiger partial charge in [0.2, 0.25) is 0 Å². The maximum Gasteiger partial charge on any atom is 0.151 e. The lowest BCUT2D eigenvalue weighted by molar-refractivity contribution is 1.04. The van der Waals surface area contributed by atoms with Gasteiger partial charge in [-0.2, -0.15) is 5.26 Å². The van der Waals surface area contributed by atoms with E-state index in [0.29, 0.717) is 0 Å². The largest absolute Gasteiger partial charge is 0.256 e. The highest BCUT2D eigenvalue weighted by Crippen LogP contribution is 2.14. The van der Waals surface area contributed by atoms with Crippen molar-refractivity contribution in [2.75, 3.05) is 0 Å². The van der Waals surface area contributed by atoms with Gasteiger partial charge in [0.1, 0.15) is 5.55 Å². The summed E-state index contributed by atoms with van der Waals surface area (Å²) in [4.78, 5) is 3.65. The molecule has 0 saturated carbocycles. The van der Waals surface area contributed by atoms with E-state index in [2.05, 4.69) is 10.5 Å². The molecular weight excluding hydrogens is 108 g/mol. The maximum atomic E-state index is 8.14. The number of rotatable bonds is 0. The molecule has 0 amide bonds. The molecule has 1 aliphatic rings. The summed E-state index contributed by atoms with van der Waals surface area (Å²) < 4.78 is 0. The van der Waals surface area contributed by atoms with Gasteiger partial charge in [0.15, 0.2) is 6.04 Å². The van der Waals surface area contributed by atoms with Crippen LogP contribution in [-0.2, 0) is 0 Å². The quantitative estimate of drug-likeness (QED) is 0.460. The van der Waals surface area contributed by atoms with Crippen molar-refractivity contribution in [2.24, 2.45) is 4.99 Å². The normalized spacial score (nSPS) is 27.6. The van der Waals surface area contributed by atoms with Crippen molar-refractivity contribution >= 4 is 17.3 Å². The standard InChI is InChI=1S/C4H2N2S/c5-1-4-2-7-3-6-4/h2,4H. The van der Waals surface area contributed by atoms with Gasteiger partial charge in [-0.05, 0) is 0 Å². The van der Waals surface area contributed by atoms with Crippen LogP contribution >= 0.6 is 11.8 Å². The summed E-state index contributed by atoms with van der Waals surface area (Å²) in [6, 6.07) is 1.71. The SMILES string of the molecule is N#CC1[CH]S[C]=N1. The van der Waals surface area contributed by atoms with Crippen LogP contribution in [0.15, 0.2) is 4.99 Å². The molecular formula is C4H2N2S. The average molecular weight is 110 g/mol. The molecule has 0 bridgehead atoms. The van der Waals surface area contributed by atoms with Crippen molar-refractivity contribution in [3.63, 3.8) is 0 Å². The zero-order valence-corrected chi connectivity index (χ0v) is 4.27. The van der Waals surface area contributed by atoms with Crippen LogP contribution in [0.3, 0.4) is 0 Å². The Morgan fingerprint density at radius 1 is 2.00 bits per heavy atom. The summed E-state index contributed by atoms with van der Waals surface area (Å²) in [6.07, 6.45) is 0. The van der Waals surface area contributed by atoms with Gasteiger partial charge in [0.05, 0.1) is 11.8 Å². The Labute approximate surface area is 46.2 Å². The highest BCUT2D eigenvalue weighted by molar-refractivity contribution is 8.14. The molecule has 0 aliphatic carbocycles. The van der Waals surface area contributed by atoms with Gasteiger partial charge in [-0.25, -0.2) is 0 Å². The topological polar surface area (TPSA) is 36.1 Å². The third-order valence-corrected chi connectivity index (χ3v) is 1.18. The van der Waals surface area contributed by atoms with Crippen molar-refractivity contribution in [3.05, 3.63) is 5.75 Å². The molecule has 3 heteroatoms. The minimum Gasteiger partial charge on any atom is -0.256 e. The number of aliphatic imine (C=N–C) groups is 1. The van der Waals surface area contributed by atoms with Gasteiger partial charge in [0, 0.05) is 0 Å². The van der Waals surface area contributed by atoms with Crippen molar-refractivity contribution in [3.8, 4) is 6.07 Å². The first-order chi connectivity index (χ1) is 3.43. The van der Waals surface area contributed by atoms with Gasteiger partial charge < -0.3 is 0 Å². The Balaban J connectivity index is 2.47. The first-order valence-electron chi connectivity index (χ1n) is 1.77. The smallest absolute Gasteiger partial charge is 0.151 e. The summed E-state index contributed by atoms with van der Waals surface area (Å²) in [5, 5.41) is 8.14. The predicted octanol–water partition coefficient (Wildman–Crippen LogP) is 0.692. The van der Waals surface area contributed by atoms with Gasteiger partial charge in [-0.1, -0.05) is 11.8 Å². The van der Waals surface area contributed by atoms with Crippen LogP contribution in [0.25, 0.3) is 0 Å². The average Bonchev–Trinajstić information content (AvgIpc) is 2.14. The van der Waals surface area contributed by atoms with Crippen molar-refractivity contribution in [1.29, 1.82) is 5.26 Å². The lowest BCUT2D eigenvalue weighted by atomic mass is 10.4. The first-order valence-corrected chi connectivity index (χ1v) is 2.65. The number of hydrogen-bond acceptors (Lipinski definition) is 3. The molecule has 0 aromatic heterocycles. The Morgan fingerprint density at radius 2 is 2.86 bits per heavy atom. The molecule has 2 nitrogen and oxygen atoms in total. The molecule has 0 N–H and O–H groups in total. The third kappa shape index (κ3) is 0.937. The van der Waals surface area contributed by atoms with Gasteiger partial charge >= 0.3 is 0 Å². The summed E-state index contributed by atoms with van der Waals surface area (Å²) >= 11 is 1.34. The van der Waals surface area contributed by atoms with Crippen LogP contribution in [0.4, 0.5) is 0 Å². The van der Waals surface area contributed by atoms with Crippen LogP contribution in [-0.4, -0.2) is 11.6 Å². The molecule has 1 atom stereocenters. The number of nitriles is 1. The first kappa shape index (κ1) is 4.66. The molecule has 0 fully saturated rings. The molecule has 0 aromatic rings. The van der Waals surface area contributed by atoms with E-state index in [0.717, 1.165) is 0 Å². The van der Waals surface area contributed by atoms with E-state index < -0.39 is 0 Å². The van der Waals surface area contributed by atoms with Crippen LogP contribution in [0, 0.1) is 17.1 Å². The minimum absolute atomic E-state index is 0.245. The second kappa shape index (κ2) is 1.99. The van der Waals surface area contributed by atoms with E-state index in [1.54, 1.807) is 5.75 Å². The van der Waals surface area contributed by atoms with Crippen LogP contribution < -0.4 is 0 Å². The molecule has 0 aromatic carbocycles. The minimum atomic E-state index is -0.245. The van der Waals surface area contributed by atoms with E-state index in [1.165, 1.54) is 11.8 Å². The molecule has 34 valence electrons. The summed E-state index contributed by atoms with van der Waals surface area (Å²) in [7, 11) is 0. The maximum absolute atomic E-state index is 8.14. The summed E-state index contributed by atoms with van der Waals surface area (Å²) in [6.45, 7) is 0. The fraction of sp³-hybridized carbons (Fsp3) is 0.250. The second-order valence-electron chi connectivity index (χ2n) is 1.05. The monoisotopic (exact) mass is 110 g/mol. The molecule has 1 rings (SSSR count). The van der Waals surface area contributed by atoms with E-state index >= 15 is 0 Å². The lowest BCUT2D eigenvalue weighted by Crippen LogP contribution is -1.90. The van der Waals surface area contributed by atoms with Crippen LogP contribution in [0.2, 0.25) is 0 Å². The van der Waals surface area contributed by atoms with E-state index in [4.69, 9.17) is 5.26 Å². The van der Waals surface area contributed by atoms with Crippen LogP contribution in [0.1, 0.15) is 0 Å². The molecule has 1 aliphatic heterocycles. The van der Waals surface area contributed by atoms with Crippen molar-refractivity contribution in [2.45, 2.75) is 6.04 Å². The molecule has 1 heterocycles. The Kier molecular flexibility index (Phi) is 1.32. The summed E-state index contributed by atoms with van der Waals surface area (Å²) in [5.41, 5.74) is 2.59. The molecule has 0 saturated heterocycles. The Bertz CT molecular complexity index is 124. The van der Waals surface area contributed by atoms with Gasteiger partial charge in [0.25, 0.3) is 0 Å². The molecule has 1 unspecified atom stereocenters. The molecule has 7 heavy (non-hydrogen) atoms. The highest BCUT2D eigenvalue weighted by Gasteiger charge is 2.08. The van der Waals surface area contributed by atoms with Gasteiger partial charge in [-0.3, -0.25) is 4.99 Å². The van der Waals surface area contributed by atoms with Crippen LogP contribution in [0.5, 0.6) is 0 Å². The van der Waals surface area contributed by atoms with E-state index in [-0.39, 0.29) is 6.04 Å². The second-order valence-corrected chi connectivity index (χ2v) is 1.74. The molecule has 0 spiro atoms. The lowest BCUT2D eigenvalue weighted by Gasteiger charge is -1.83. The number of nitrogens with zero attached hydrogens (tertiary/aromatic N) is 2. The number of hydrogen-bond donors (Lipinski definition) is 0. The van der Waals surface area contributed by atoms with E-state index in [9.17, 15) is 0 Å². The Morgan fingerprint density at radius 3 is 3.14 bits per heavy atom. The Hall–Kier alpha value is -0.490. The number of thioether (sulfide) groups is 1. The fourth-order valence-electron chi connectivity index (χ4n) is 0.272. The van der Waals surface area contributed by atoms with E-state index in [1.807, 2.05) is 6.07 Å². The predicted molar refractivity (Wildman–Crippen MR) is 28.7 cm³/mol. The fourth-order valence-corrected chi connectivity index (χ4v) is 0.758. The zero-order valence-electron chi connectivity index (χ0n) is 3.46.